The van der Waals surface area contributed by atoms with Gasteiger partial charge in [0.1, 0.15) is 0 Å². The zero-order valence-electron chi connectivity index (χ0n) is 10.4. The first-order valence-electron chi connectivity index (χ1n) is 6.29. The normalized spacial score (nSPS) is 18.7. The van der Waals surface area contributed by atoms with Gasteiger partial charge in [-0.15, -0.1) is 0 Å². The van der Waals surface area contributed by atoms with E-state index >= 15 is 0 Å². The lowest BCUT2D eigenvalue weighted by Gasteiger charge is -2.22. The molecule has 3 rings (SSSR count). The summed E-state index contributed by atoms with van der Waals surface area (Å²) in [4.78, 5) is 0. The summed E-state index contributed by atoms with van der Waals surface area (Å²) in [5.41, 5.74) is 3.67. The molecular formula is C14H16ClN3. The smallest absolute Gasteiger partial charge is 0.0663 e. The maximum atomic E-state index is 6.05. The summed E-state index contributed by atoms with van der Waals surface area (Å²) < 4.78 is 2.02. The van der Waals surface area contributed by atoms with Gasteiger partial charge in [0.2, 0.25) is 0 Å². The third kappa shape index (κ3) is 1.93. The van der Waals surface area contributed by atoms with Gasteiger partial charge in [-0.05, 0) is 44.5 Å². The lowest BCUT2D eigenvalue weighted by molar-refractivity contribution is 0.490. The highest BCUT2D eigenvalue weighted by atomic mass is 35.5. The molecule has 0 amide bonds. The minimum absolute atomic E-state index is 0.432. The molecule has 1 unspecified atom stereocenters. The Balaban J connectivity index is 2.07. The highest BCUT2D eigenvalue weighted by Crippen LogP contribution is 2.30. The Bertz CT molecular complexity index is 562. The van der Waals surface area contributed by atoms with Crippen LogP contribution in [0.25, 0.3) is 5.69 Å². The highest BCUT2D eigenvalue weighted by molar-refractivity contribution is 6.30. The standard InChI is InChI=1S/C14H16ClN3/c1-16-13-6-3-7-14-12(13)9-17-18(14)11-5-2-4-10(15)8-11/h2,4-5,8-9,13,16H,3,6-7H2,1H3. The second-order valence-corrected chi connectivity index (χ2v) is 5.11. The van der Waals surface area contributed by atoms with Gasteiger partial charge >= 0.3 is 0 Å². The average Bonchev–Trinajstić information content (AvgIpc) is 2.82. The lowest BCUT2D eigenvalue weighted by Crippen LogP contribution is -2.21. The second-order valence-electron chi connectivity index (χ2n) is 4.67. The Morgan fingerprint density at radius 2 is 2.33 bits per heavy atom. The van der Waals surface area contributed by atoms with Gasteiger partial charge < -0.3 is 5.32 Å². The molecule has 0 spiro atoms. The van der Waals surface area contributed by atoms with Crippen molar-refractivity contribution in [2.45, 2.75) is 25.3 Å². The molecule has 1 aromatic carbocycles. The van der Waals surface area contributed by atoms with E-state index in [4.69, 9.17) is 11.6 Å². The van der Waals surface area contributed by atoms with E-state index in [1.165, 1.54) is 24.1 Å². The van der Waals surface area contributed by atoms with E-state index in [2.05, 4.69) is 10.4 Å². The first-order chi connectivity index (χ1) is 8.79. The Kier molecular flexibility index (Phi) is 3.10. The van der Waals surface area contributed by atoms with Gasteiger partial charge in [0, 0.05) is 22.3 Å². The van der Waals surface area contributed by atoms with Crippen molar-refractivity contribution >= 4 is 11.6 Å². The Morgan fingerprint density at radius 3 is 3.11 bits per heavy atom. The molecule has 3 nitrogen and oxygen atoms in total. The zero-order chi connectivity index (χ0) is 12.5. The predicted octanol–water partition coefficient (Wildman–Crippen LogP) is 3.12. The molecule has 2 aromatic rings. The molecule has 1 N–H and O–H groups in total. The third-order valence-corrected chi connectivity index (χ3v) is 3.82. The van der Waals surface area contributed by atoms with Crippen molar-refractivity contribution in [3.05, 3.63) is 46.7 Å². The largest absolute Gasteiger partial charge is 0.313 e. The van der Waals surface area contributed by atoms with E-state index in [1.807, 2.05) is 42.2 Å². The van der Waals surface area contributed by atoms with Crippen molar-refractivity contribution in [2.24, 2.45) is 0 Å². The summed E-state index contributed by atoms with van der Waals surface area (Å²) in [5, 5.41) is 8.63. The van der Waals surface area contributed by atoms with Crippen LogP contribution in [0.1, 0.15) is 30.1 Å². The molecule has 1 aliphatic carbocycles. The molecule has 1 atom stereocenters. The van der Waals surface area contributed by atoms with Gasteiger partial charge in [0.25, 0.3) is 0 Å². The van der Waals surface area contributed by atoms with Crippen molar-refractivity contribution in [1.29, 1.82) is 0 Å². The van der Waals surface area contributed by atoms with Crippen LogP contribution in [0.5, 0.6) is 0 Å². The lowest BCUT2D eigenvalue weighted by atomic mass is 9.93. The van der Waals surface area contributed by atoms with Crippen molar-refractivity contribution in [3.63, 3.8) is 0 Å². The van der Waals surface area contributed by atoms with E-state index in [0.717, 1.165) is 17.1 Å². The van der Waals surface area contributed by atoms with E-state index in [-0.39, 0.29) is 0 Å². The van der Waals surface area contributed by atoms with Crippen LogP contribution in [-0.4, -0.2) is 16.8 Å². The number of hydrogen-bond acceptors (Lipinski definition) is 2. The maximum Gasteiger partial charge on any atom is 0.0663 e. The molecule has 4 heteroatoms. The summed E-state index contributed by atoms with van der Waals surface area (Å²) in [6, 6.07) is 8.28. The van der Waals surface area contributed by atoms with Gasteiger partial charge in [0.15, 0.2) is 0 Å². The SMILES string of the molecule is CNC1CCCc2c1cnn2-c1cccc(Cl)c1. The molecule has 0 radical (unpaired) electrons. The number of nitrogens with zero attached hydrogens (tertiary/aromatic N) is 2. The second kappa shape index (κ2) is 4.75. The zero-order valence-corrected chi connectivity index (χ0v) is 11.1. The Hall–Kier alpha value is -1.32. The van der Waals surface area contributed by atoms with Crippen LogP contribution in [0.3, 0.4) is 0 Å². The van der Waals surface area contributed by atoms with Crippen molar-refractivity contribution in [2.75, 3.05) is 7.05 Å². The fourth-order valence-corrected chi connectivity index (χ4v) is 2.87. The molecule has 94 valence electrons. The first-order valence-corrected chi connectivity index (χ1v) is 6.67. The number of aromatic nitrogens is 2. The van der Waals surface area contributed by atoms with E-state index in [9.17, 15) is 0 Å². The van der Waals surface area contributed by atoms with Gasteiger partial charge in [-0.1, -0.05) is 17.7 Å². The van der Waals surface area contributed by atoms with Gasteiger partial charge in [-0.25, -0.2) is 4.68 Å². The number of benzene rings is 1. The summed E-state index contributed by atoms with van der Waals surface area (Å²) >= 11 is 6.05. The monoisotopic (exact) mass is 261 g/mol. The molecular weight excluding hydrogens is 246 g/mol. The number of hydrogen-bond donors (Lipinski definition) is 1. The summed E-state index contributed by atoms with van der Waals surface area (Å²) in [7, 11) is 2.01. The molecule has 0 fully saturated rings. The minimum atomic E-state index is 0.432. The minimum Gasteiger partial charge on any atom is -0.313 e. The van der Waals surface area contributed by atoms with Crippen LogP contribution in [0.2, 0.25) is 5.02 Å². The van der Waals surface area contributed by atoms with E-state index in [0.29, 0.717) is 6.04 Å². The van der Waals surface area contributed by atoms with Crippen LogP contribution in [0, 0.1) is 0 Å². The Labute approximate surface area is 112 Å². The third-order valence-electron chi connectivity index (χ3n) is 3.58. The Morgan fingerprint density at radius 1 is 1.44 bits per heavy atom. The van der Waals surface area contributed by atoms with Crippen LogP contribution in [0.4, 0.5) is 0 Å². The number of fused-ring (bicyclic) bond motifs is 1. The number of rotatable bonds is 2. The van der Waals surface area contributed by atoms with Gasteiger partial charge in [-0.2, -0.15) is 5.10 Å². The van der Waals surface area contributed by atoms with Crippen LogP contribution in [-0.2, 0) is 6.42 Å². The topological polar surface area (TPSA) is 29.9 Å². The number of nitrogens with one attached hydrogen (secondary N) is 1. The van der Waals surface area contributed by atoms with Crippen LogP contribution < -0.4 is 5.32 Å². The predicted molar refractivity (Wildman–Crippen MR) is 73.3 cm³/mol. The fraction of sp³-hybridized carbons (Fsp3) is 0.357. The summed E-state index contributed by atoms with van der Waals surface area (Å²) in [6.07, 6.45) is 5.45. The quantitative estimate of drug-likeness (QED) is 0.900. The molecule has 0 aliphatic heterocycles. The van der Waals surface area contributed by atoms with Crippen molar-refractivity contribution in [3.8, 4) is 5.69 Å². The van der Waals surface area contributed by atoms with Crippen LogP contribution in [0.15, 0.2) is 30.5 Å². The van der Waals surface area contributed by atoms with Gasteiger partial charge in [0.05, 0.1) is 11.9 Å². The number of halogens is 1. The molecule has 1 aliphatic rings. The molecule has 0 saturated heterocycles. The molecule has 18 heavy (non-hydrogen) atoms. The fourth-order valence-electron chi connectivity index (χ4n) is 2.69. The van der Waals surface area contributed by atoms with Crippen molar-refractivity contribution in [1.82, 2.24) is 15.1 Å². The van der Waals surface area contributed by atoms with Crippen molar-refractivity contribution < 1.29 is 0 Å². The van der Waals surface area contributed by atoms with Gasteiger partial charge in [-0.3, -0.25) is 0 Å². The molecule has 0 saturated carbocycles. The van der Waals surface area contributed by atoms with Crippen LogP contribution >= 0.6 is 11.6 Å². The average molecular weight is 262 g/mol. The first kappa shape index (κ1) is 11.8. The maximum absolute atomic E-state index is 6.05. The van der Waals surface area contributed by atoms with E-state index in [1.54, 1.807) is 0 Å². The molecule has 1 aromatic heterocycles. The molecule has 0 bridgehead atoms. The summed E-state index contributed by atoms with van der Waals surface area (Å²) in [6.45, 7) is 0. The van der Waals surface area contributed by atoms with E-state index < -0.39 is 0 Å². The highest BCUT2D eigenvalue weighted by Gasteiger charge is 2.23. The molecule has 1 heterocycles. The summed E-state index contributed by atoms with van der Waals surface area (Å²) in [5.74, 6) is 0.